The Morgan fingerprint density at radius 2 is 2.03 bits per heavy atom. The second-order valence-electron chi connectivity index (χ2n) is 6.44. The molecular formula is C22H26N4O2S. The lowest BCUT2D eigenvalue weighted by Gasteiger charge is -2.21. The lowest BCUT2D eigenvalue weighted by atomic mass is 10.3. The van der Waals surface area contributed by atoms with Crippen molar-refractivity contribution in [2.24, 2.45) is 4.99 Å². The topological polar surface area (TPSA) is 59.0 Å². The molecule has 1 aromatic carbocycles. The molecule has 3 aromatic rings. The summed E-state index contributed by atoms with van der Waals surface area (Å²) in [6.45, 7) is 1.55. The standard InChI is InChI=1S/C22H26N4O2S/c1-23-22(26(2)12-11-20-8-5-13-29-20)25-16-17-9-10-21(24-15-17)28-19-7-4-6-18(14-19)27-3/h4-10,13-15H,11-12,16H2,1-3H3,(H,23,25). The van der Waals surface area contributed by atoms with Crippen molar-refractivity contribution in [3.05, 3.63) is 70.5 Å². The number of pyridine rings is 1. The summed E-state index contributed by atoms with van der Waals surface area (Å²) < 4.78 is 11.0. The Morgan fingerprint density at radius 3 is 2.72 bits per heavy atom. The number of likely N-dealkylation sites (N-methyl/N-ethyl adjacent to an activating group) is 1. The van der Waals surface area contributed by atoms with Gasteiger partial charge < -0.3 is 19.7 Å². The van der Waals surface area contributed by atoms with Crippen LogP contribution in [0.25, 0.3) is 0 Å². The van der Waals surface area contributed by atoms with Gasteiger partial charge in [-0.2, -0.15) is 0 Å². The van der Waals surface area contributed by atoms with Gasteiger partial charge in [0.25, 0.3) is 0 Å². The zero-order valence-electron chi connectivity index (χ0n) is 17.0. The molecule has 0 radical (unpaired) electrons. The minimum absolute atomic E-state index is 0.541. The summed E-state index contributed by atoms with van der Waals surface area (Å²) in [6.07, 6.45) is 2.81. The van der Waals surface area contributed by atoms with Crippen LogP contribution < -0.4 is 14.8 Å². The Bertz CT molecular complexity index is 911. The maximum atomic E-state index is 5.79. The fraction of sp³-hybridized carbons (Fsp3) is 0.273. The first-order chi connectivity index (χ1) is 14.2. The van der Waals surface area contributed by atoms with E-state index in [1.807, 2.05) is 43.4 Å². The Labute approximate surface area is 175 Å². The number of thiophene rings is 1. The Balaban J connectivity index is 1.50. The summed E-state index contributed by atoms with van der Waals surface area (Å²) in [6, 6.07) is 15.6. The van der Waals surface area contributed by atoms with E-state index in [0.717, 1.165) is 30.2 Å². The Hall–Kier alpha value is -3.06. The molecular weight excluding hydrogens is 384 g/mol. The Kier molecular flexibility index (Phi) is 7.47. The van der Waals surface area contributed by atoms with E-state index in [4.69, 9.17) is 9.47 Å². The van der Waals surface area contributed by atoms with Gasteiger partial charge in [0.15, 0.2) is 5.96 Å². The molecule has 2 aromatic heterocycles. The molecule has 6 nitrogen and oxygen atoms in total. The number of nitrogens with one attached hydrogen (secondary N) is 1. The van der Waals surface area contributed by atoms with Crippen molar-refractivity contribution in [1.82, 2.24) is 15.2 Å². The van der Waals surface area contributed by atoms with Gasteiger partial charge in [0.05, 0.1) is 7.11 Å². The molecule has 0 aliphatic rings. The predicted octanol–water partition coefficient (Wildman–Crippen LogP) is 4.19. The van der Waals surface area contributed by atoms with Crippen LogP contribution in [0.3, 0.4) is 0 Å². The van der Waals surface area contributed by atoms with Gasteiger partial charge >= 0.3 is 0 Å². The maximum Gasteiger partial charge on any atom is 0.219 e. The van der Waals surface area contributed by atoms with Crippen molar-refractivity contribution in [3.8, 4) is 17.4 Å². The third-order valence-electron chi connectivity index (χ3n) is 4.36. The van der Waals surface area contributed by atoms with Gasteiger partial charge in [-0.15, -0.1) is 11.3 Å². The second-order valence-corrected chi connectivity index (χ2v) is 7.47. The number of methoxy groups -OCH3 is 1. The highest BCUT2D eigenvalue weighted by molar-refractivity contribution is 7.09. The third-order valence-corrected chi connectivity index (χ3v) is 5.30. The van der Waals surface area contributed by atoms with Gasteiger partial charge in [0.2, 0.25) is 5.88 Å². The van der Waals surface area contributed by atoms with E-state index in [2.05, 4.69) is 37.7 Å². The summed E-state index contributed by atoms with van der Waals surface area (Å²) in [5.41, 5.74) is 1.05. The molecule has 0 saturated carbocycles. The lowest BCUT2D eigenvalue weighted by Crippen LogP contribution is -2.39. The van der Waals surface area contributed by atoms with Crippen molar-refractivity contribution in [3.63, 3.8) is 0 Å². The predicted molar refractivity (Wildman–Crippen MR) is 118 cm³/mol. The molecule has 0 unspecified atom stereocenters. The average Bonchev–Trinajstić information content (AvgIpc) is 3.27. The smallest absolute Gasteiger partial charge is 0.219 e. The number of hydrogen-bond donors (Lipinski definition) is 1. The van der Waals surface area contributed by atoms with E-state index in [1.165, 1.54) is 4.88 Å². The SMILES string of the molecule is CN=C(NCc1ccc(Oc2cccc(OC)c2)nc1)N(C)CCc1cccs1. The maximum absolute atomic E-state index is 5.79. The molecule has 0 aliphatic carbocycles. The number of nitrogens with zero attached hydrogens (tertiary/aromatic N) is 3. The highest BCUT2D eigenvalue weighted by Crippen LogP contribution is 2.23. The van der Waals surface area contributed by atoms with Crippen molar-refractivity contribution >= 4 is 17.3 Å². The van der Waals surface area contributed by atoms with Gasteiger partial charge in [-0.3, -0.25) is 4.99 Å². The number of aliphatic imine (C=N–C) groups is 1. The van der Waals surface area contributed by atoms with Crippen LogP contribution in [0.4, 0.5) is 0 Å². The van der Waals surface area contributed by atoms with E-state index in [-0.39, 0.29) is 0 Å². The molecule has 0 saturated heterocycles. The highest BCUT2D eigenvalue weighted by atomic mass is 32.1. The fourth-order valence-corrected chi connectivity index (χ4v) is 3.46. The molecule has 0 fully saturated rings. The van der Waals surface area contributed by atoms with E-state index < -0.39 is 0 Å². The quantitative estimate of drug-likeness (QED) is 0.446. The summed E-state index contributed by atoms with van der Waals surface area (Å²) in [7, 11) is 5.48. The molecule has 0 bridgehead atoms. The molecule has 0 aliphatic heterocycles. The monoisotopic (exact) mass is 410 g/mol. The van der Waals surface area contributed by atoms with Crippen molar-refractivity contribution in [1.29, 1.82) is 0 Å². The summed E-state index contributed by atoms with van der Waals surface area (Å²) in [4.78, 5) is 12.3. The van der Waals surface area contributed by atoms with E-state index >= 15 is 0 Å². The van der Waals surface area contributed by atoms with Crippen LogP contribution in [0.5, 0.6) is 17.4 Å². The molecule has 0 atom stereocenters. The van der Waals surface area contributed by atoms with Crippen LogP contribution in [-0.4, -0.2) is 43.6 Å². The number of benzene rings is 1. The molecule has 1 N–H and O–H groups in total. The van der Waals surface area contributed by atoms with Crippen LogP contribution in [0.15, 0.2) is 65.1 Å². The van der Waals surface area contributed by atoms with Crippen LogP contribution >= 0.6 is 11.3 Å². The van der Waals surface area contributed by atoms with Crippen LogP contribution in [0.2, 0.25) is 0 Å². The van der Waals surface area contributed by atoms with E-state index in [0.29, 0.717) is 18.2 Å². The van der Waals surface area contributed by atoms with Gasteiger partial charge in [0, 0.05) is 50.4 Å². The molecule has 2 heterocycles. The first-order valence-electron chi connectivity index (χ1n) is 9.39. The largest absolute Gasteiger partial charge is 0.497 e. The highest BCUT2D eigenvalue weighted by Gasteiger charge is 2.07. The zero-order chi connectivity index (χ0) is 20.5. The molecule has 7 heteroatoms. The minimum Gasteiger partial charge on any atom is -0.497 e. The third kappa shape index (κ3) is 6.22. The molecule has 3 rings (SSSR count). The average molecular weight is 411 g/mol. The van der Waals surface area contributed by atoms with Crippen molar-refractivity contribution in [2.45, 2.75) is 13.0 Å². The first-order valence-corrected chi connectivity index (χ1v) is 10.3. The fourth-order valence-electron chi connectivity index (χ4n) is 2.77. The summed E-state index contributed by atoms with van der Waals surface area (Å²) in [5.74, 6) is 2.84. The van der Waals surface area contributed by atoms with Crippen LogP contribution in [0.1, 0.15) is 10.4 Å². The zero-order valence-corrected chi connectivity index (χ0v) is 17.8. The number of hydrogen-bond acceptors (Lipinski definition) is 5. The molecule has 0 amide bonds. The number of rotatable bonds is 8. The van der Waals surface area contributed by atoms with Gasteiger partial charge in [-0.25, -0.2) is 4.98 Å². The molecule has 152 valence electrons. The number of guanidine groups is 1. The number of aromatic nitrogens is 1. The normalized spacial score (nSPS) is 11.2. The second kappa shape index (κ2) is 10.5. The van der Waals surface area contributed by atoms with E-state index in [1.54, 1.807) is 31.7 Å². The van der Waals surface area contributed by atoms with Gasteiger partial charge in [0.1, 0.15) is 11.5 Å². The molecule has 29 heavy (non-hydrogen) atoms. The Morgan fingerprint density at radius 1 is 1.17 bits per heavy atom. The van der Waals surface area contributed by atoms with E-state index in [9.17, 15) is 0 Å². The van der Waals surface area contributed by atoms with Crippen LogP contribution in [0, 0.1) is 0 Å². The van der Waals surface area contributed by atoms with Gasteiger partial charge in [-0.05, 0) is 35.6 Å². The van der Waals surface area contributed by atoms with Gasteiger partial charge in [-0.1, -0.05) is 18.2 Å². The minimum atomic E-state index is 0.541. The molecule has 0 spiro atoms. The van der Waals surface area contributed by atoms with Crippen molar-refractivity contribution in [2.75, 3.05) is 27.7 Å². The lowest BCUT2D eigenvalue weighted by molar-refractivity contribution is 0.407. The number of ether oxygens (including phenoxy) is 2. The summed E-state index contributed by atoms with van der Waals surface area (Å²) >= 11 is 1.78. The van der Waals surface area contributed by atoms with Crippen molar-refractivity contribution < 1.29 is 9.47 Å². The first kappa shape index (κ1) is 20.7. The van der Waals surface area contributed by atoms with Crippen LogP contribution in [-0.2, 0) is 13.0 Å². The summed E-state index contributed by atoms with van der Waals surface area (Å²) in [5, 5.41) is 5.49.